The number of amides is 2. The van der Waals surface area contributed by atoms with E-state index >= 15 is 0 Å². The highest BCUT2D eigenvalue weighted by molar-refractivity contribution is 5.96. The molecule has 3 heterocycles. The van der Waals surface area contributed by atoms with Crippen molar-refractivity contribution in [3.05, 3.63) is 90.0 Å². The average Bonchev–Trinajstić information content (AvgIpc) is 3.65. The number of furan rings is 1. The van der Waals surface area contributed by atoms with Gasteiger partial charge in [0.1, 0.15) is 11.8 Å². The van der Waals surface area contributed by atoms with Gasteiger partial charge >= 0.3 is 0 Å². The van der Waals surface area contributed by atoms with Gasteiger partial charge in [-0.15, -0.1) is 0 Å². The zero-order chi connectivity index (χ0) is 23.5. The number of H-pyrrole nitrogens is 1. The quantitative estimate of drug-likeness (QED) is 0.433. The van der Waals surface area contributed by atoms with Gasteiger partial charge in [-0.25, -0.2) is 0 Å². The summed E-state index contributed by atoms with van der Waals surface area (Å²) in [5, 5.41) is 4.24. The number of ether oxygens (including phenoxy) is 1. The lowest BCUT2D eigenvalue weighted by atomic mass is 9.90. The molecule has 2 aromatic carbocycles. The second-order valence-corrected chi connectivity index (χ2v) is 8.49. The first kappa shape index (κ1) is 21.8. The highest BCUT2D eigenvalue weighted by Gasteiger charge is 2.35. The van der Waals surface area contributed by atoms with Crippen LogP contribution in [0, 0.1) is 0 Å². The third-order valence-electron chi connectivity index (χ3n) is 6.54. The second kappa shape index (κ2) is 9.47. The molecular formula is C27H27N3O4. The SMILES string of the molecule is COc1ccc(C(CNC(=O)C2CCCN2C(=O)c2ccco2)c2c[nH]c3ccccc23)cc1. The summed E-state index contributed by atoms with van der Waals surface area (Å²) in [5.74, 6) is 0.585. The minimum absolute atomic E-state index is 0.0679. The summed E-state index contributed by atoms with van der Waals surface area (Å²) in [7, 11) is 1.64. The molecule has 0 radical (unpaired) electrons. The first-order chi connectivity index (χ1) is 16.7. The molecule has 2 aromatic heterocycles. The van der Waals surface area contributed by atoms with Crippen molar-refractivity contribution in [1.29, 1.82) is 0 Å². The molecule has 4 aromatic rings. The lowest BCUT2D eigenvalue weighted by Gasteiger charge is -2.25. The monoisotopic (exact) mass is 457 g/mol. The normalized spacial score (nSPS) is 16.5. The van der Waals surface area contributed by atoms with Crippen LogP contribution in [0.5, 0.6) is 5.75 Å². The molecule has 1 aliphatic rings. The Morgan fingerprint density at radius 1 is 1.15 bits per heavy atom. The van der Waals surface area contributed by atoms with Gasteiger partial charge in [0.25, 0.3) is 5.91 Å². The smallest absolute Gasteiger partial charge is 0.290 e. The van der Waals surface area contributed by atoms with Gasteiger partial charge in [0, 0.05) is 36.1 Å². The maximum atomic E-state index is 13.2. The predicted octanol–water partition coefficient (Wildman–Crippen LogP) is 4.32. The van der Waals surface area contributed by atoms with Crippen LogP contribution in [0.15, 0.2) is 77.5 Å². The molecule has 2 unspecified atom stereocenters. The molecule has 2 atom stereocenters. The first-order valence-electron chi connectivity index (χ1n) is 11.5. The van der Waals surface area contributed by atoms with Crippen LogP contribution >= 0.6 is 0 Å². The number of aromatic nitrogens is 1. The van der Waals surface area contributed by atoms with E-state index in [0.29, 0.717) is 19.5 Å². The van der Waals surface area contributed by atoms with Gasteiger partial charge < -0.3 is 24.4 Å². The molecule has 1 fully saturated rings. The Labute approximate surface area is 197 Å². The molecule has 0 spiro atoms. The van der Waals surface area contributed by atoms with E-state index in [1.54, 1.807) is 24.1 Å². The number of benzene rings is 2. The molecule has 1 aliphatic heterocycles. The number of rotatable bonds is 7. The summed E-state index contributed by atoms with van der Waals surface area (Å²) in [5.41, 5.74) is 3.23. The van der Waals surface area contributed by atoms with E-state index in [1.807, 2.05) is 48.7 Å². The van der Waals surface area contributed by atoms with Gasteiger partial charge in [0.15, 0.2) is 5.76 Å². The van der Waals surface area contributed by atoms with Gasteiger partial charge in [-0.3, -0.25) is 9.59 Å². The predicted molar refractivity (Wildman–Crippen MR) is 129 cm³/mol. The fraction of sp³-hybridized carbons (Fsp3) is 0.259. The van der Waals surface area contributed by atoms with Crippen LogP contribution in [0.2, 0.25) is 0 Å². The van der Waals surface area contributed by atoms with Gasteiger partial charge in [0.2, 0.25) is 5.91 Å². The van der Waals surface area contributed by atoms with Crippen molar-refractivity contribution in [1.82, 2.24) is 15.2 Å². The number of nitrogens with one attached hydrogen (secondary N) is 2. The highest BCUT2D eigenvalue weighted by Crippen LogP contribution is 2.31. The van der Waals surface area contributed by atoms with Crippen molar-refractivity contribution >= 4 is 22.7 Å². The number of likely N-dealkylation sites (tertiary alicyclic amines) is 1. The molecule has 0 aliphatic carbocycles. The van der Waals surface area contributed by atoms with Crippen LogP contribution in [-0.2, 0) is 4.79 Å². The minimum atomic E-state index is -0.503. The fourth-order valence-electron chi connectivity index (χ4n) is 4.77. The lowest BCUT2D eigenvalue weighted by Crippen LogP contribution is -2.46. The fourth-order valence-corrected chi connectivity index (χ4v) is 4.77. The van der Waals surface area contributed by atoms with Crippen molar-refractivity contribution in [3.63, 3.8) is 0 Å². The minimum Gasteiger partial charge on any atom is -0.497 e. The Hall–Kier alpha value is -4.00. The Balaban J connectivity index is 1.38. The van der Waals surface area contributed by atoms with Crippen LogP contribution in [0.1, 0.15) is 40.4 Å². The van der Waals surface area contributed by atoms with Gasteiger partial charge in [-0.2, -0.15) is 0 Å². The third kappa shape index (κ3) is 4.17. The maximum absolute atomic E-state index is 13.2. The maximum Gasteiger partial charge on any atom is 0.290 e. The Bertz CT molecular complexity index is 1280. The first-order valence-corrected chi connectivity index (χ1v) is 11.5. The van der Waals surface area contributed by atoms with Crippen LogP contribution in [-0.4, -0.2) is 47.9 Å². The summed E-state index contributed by atoms with van der Waals surface area (Å²) in [6, 6.07) is 18.9. The van der Waals surface area contributed by atoms with Gasteiger partial charge in [-0.1, -0.05) is 30.3 Å². The van der Waals surface area contributed by atoms with Crippen molar-refractivity contribution in [2.45, 2.75) is 24.8 Å². The van der Waals surface area contributed by atoms with Crippen molar-refractivity contribution in [2.24, 2.45) is 0 Å². The Morgan fingerprint density at radius 2 is 1.97 bits per heavy atom. The summed E-state index contributed by atoms with van der Waals surface area (Å²) in [4.78, 5) is 31.0. The van der Waals surface area contributed by atoms with E-state index in [9.17, 15) is 9.59 Å². The number of hydrogen-bond acceptors (Lipinski definition) is 4. The molecule has 2 N–H and O–H groups in total. The van der Waals surface area contributed by atoms with Crippen LogP contribution in [0.3, 0.4) is 0 Å². The molecule has 5 rings (SSSR count). The lowest BCUT2D eigenvalue weighted by molar-refractivity contribution is -0.124. The zero-order valence-corrected chi connectivity index (χ0v) is 19.0. The number of nitrogens with zero attached hydrogens (tertiary/aromatic N) is 1. The number of hydrogen-bond donors (Lipinski definition) is 2. The molecule has 174 valence electrons. The molecule has 34 heavy (non-hydrogen) atoms. The molecule has 1 saturated heterocycles. The van der Waals surface area contributed by atoms with E-state index < -0.39 is 6.04 Å². The summed E-state index contributed by atoms with van der Waals surface area (Å²) in [6.45, 7) is 0.953. The van der Waals surface area contributed by atoms with Crippen molar-refractivity contribution < 1.29 is 18.7 Å². The van der Waals surface area contributed by atoms with E-state index in [-0.39, 0.29) is 23.5 Å². The highest BCUT2D eigenvalue weighted by atomic mass is 16.5. The largest absolute Gasteiger partial charge is 0.497 e. The van der Waals surface area contributed by atoms with E-state index in [4.69, 9.17) is 9.15 Å². The zero-order valence-electron chi connectivity index (χ0n) is 19.0. The number of carbonyl (C=O) groups is 2. The van der Waals surface area contributed by atoms with Gasteiger partial charge in [-0.05, 0) is 54.3 Å². The average molecular weight is 458 g/mol. The molecule has 0 saturated carbocycles. The van der Waals surface area contributed by atoms with Crippen LogP contribution in [0.25, 0.3) is 10.9 Å². The van der Waals surface area contributed by atoms with Crippen molar-refractivity contribution in [3.8, 4) is 5.75 Å². The number of aromatic amines is 1. The van der Waals surface area contributed by atoms with Gasteiger partial charge in [0.05, 0.1) is 13.4 Å². The standard InChI is InChI=1S/C27H27N3O4/c1-33-19-12-10-18(11-13-19)21(22-17-28-23-7-3-2-6-20(22)23)16-29-26(31)24-8-4-14-30(24)27(32)25-9-5-15-34-25/h2-3,5-7,9-13,15,17,21,24,28H,4,8,14,16H2,1H3,(H,29,31). The number of fused-ring (bicyclic) bond motifs is 1. The summed E-state index contributed by atoms with van der Waals surface area (Å²) in [6.07, 6.45) is 4.90. The van der Waals surface area contributed by atoms with Crippen molar-refractivity contribution in [2.75, 3.05) is 20.2 Å². The Kier molecular flexibility index (Phi) is 6.08. The number of carbonyl (C=O) groups excluding carboxylic acids is 2. The molecule has 7 nitrogen and oxygen atoms in total. The summed E-state index contributed by atoms with van der Waals surface area (Å²) < 4.78 is 10.6. The van der Waals surface area contributed by atoms with Crippen LogP contribution < -0.4 is 10.1 Å². The Morgan fingerprint density at radius 3 is 2.74 bits per heavy atom. The summed E-state index contributed by atoms with van der Waals surface area (Å²) >= 11 is 0. The number of methoxy groups -OCH3 is 1. The number of para-hydroxylation sites is 1. The topological polar surface area (TPSA) is 87.6 Å². The third-order valence-corrected chi connectivity index (χ3v) is 6.54. The molecular weight excluding hydrogens is 430 g/mol. The second-order valence-electron chi connectivity index (χ2n) is 8.49. The van der Waals surface area contributed by atoms with E-state index in [2.05, 4.69) is 16.4 Å². The molecule has 0 bridgehead atoms. The van der Waals surface area contributed by atoms with E-state index in [0.717, 1.165) is 34.2 Å². The molecule has 2 amide bonds. The molecule has 7 heteroatoms. The van der Waals surface area contributed by atoms with E-state index in [1.165, 1.54) is 6.26 Å². The van der Waals surface area contributed by atoms with Crippen LogP contribution in [0.4, 0.5) is 0 Å².